The second kappa shape index (κ2) is 9.12. The highest BCUT2D eigenvalue weighted by Gasteiger charge is 2.50. The van der Waals surface area contributed by atoms with Crippen LogP contribution in [-0.4, -0.2) is 30.3 Å². The number of benzene rings is 2. The van der Waals surface area contributed by atoms with Gasteiger partial charge >= 0.3 is 5.97 Å². The van der Waals surface area contributed by atoms with Gasteiger partial charge in [0.1, 0.15) is 0 Å². The molecule has 3 amide bonds. The molecule has 4 rings (SSSR count). The smallest absolute Gasteiger partial charge is 0.338 e. The average molecular weight is 455 g/mol. The van der Waals surface area contributed by atoms with Gasteiger partial charge in [-0.3, -0.25) is 19.3 Å². The fourth-order valence-electron chi connectivity index (χ4n) is 4.38. The molecular formula is C24H23ClN2O5. The summed E-state index contributed by atoms with van der Waals surface area (Å²) in [4.78, 5) is 51.6. The van der Waals surface area contributed by atoms with Gasteiger partial charge in [-0.05, 0) is 55.5 Å². The molecule has 2 aliphatic rings. The normalized spacial score (nSPS) is 22.4. The first-order chi connectivity index (χ1) is 15.3. The summed E-state index contributed by atoms with van der Waals surface area (Å²) in [6.07, 6.45) is 2.33. The molecule has 7 nitrogen and oxygen atoms in total. The van der Waals surface area contributed by atoms with Gasteiger partial charge in [-0.15, -0.1) is 0 Å². The number of para-hydroxylation sites is 1. The zero-order valence-corrected chi connectivity index (χ0v) is 18.3. The molecule has 8 heteroatoms. The number of carbonyl (C=O) groups is 4. The fraction of sp³-hybridized carbons (Fsp3) is 0.333. The van der Waals surface area contributed by atoms with E-state index < -0.39 is 18.5 Å². The minimum Gasteiger partial charge on any atom is -0.452 e. The maximum Gasteiger partial charge on any atom is 0.338 e. The monoisotopic (exact) mass is 454 g/mol. The Morgan fingerprint density at radius 1 is 1.06 bits per heavy atom. The summed E-state index contributed by atoms with van der Waals surface area (Å²) in [6, 6.07) is 12.9. The Morgan fingerprint density at radius 3 is 2.59 bits per heavy atom. The number of rotatable bonds is 5. The molecule has 3 atom stereocenters. The van der Waals surface area contributed by atoms with Crippen molar-refractivity contribution < 1.29 is 23.9 Å². The van der Waals surface area contributed by atoms with E-state index in [1.54, 1.807) is 36.4 Å². The molecule has 0 unspecified atom stereocenters. The third kappa shape index (κ3) is 4.39. The van der Waals surface area contributed by atoms with Crippen LogP contribution in [0.2, 0.25) is 5.02 Å². The van der Waals surface area contributed by atoms with Crippen LogP contribution >= 0.6 is 11.6 Å². The van der Waals surface area contributed by atoms with Crippen LogP contribution in [0.5, 0.6) is 0 Å². The van der Waals surface area contributed by atoms with Crippen LogP contribution in [0, 0.1) is 17.8 Å². The van der Waals surface area contributed by atoms with Crippen LogP contribution in [0.25, 0.3) is 0 Å². The highest BCUT2D eigenvalue weighted by atomic mass is 35.5. The number of anilines is 2. The standard InChI is InChI=1S/C24H23ClN2O5/c1-14-9-10-17-18(11-14)23(30)27(22(17)29)16-6-4-5-15(12-16)24(31)32-13-21(28)26-20-8-3-2-7-19(20)25/h2-8,12,14,17-18H,9-11,13H2,1H3,(H,26,28)/t14-,17+,18+/m1/s1. The quantitative estimate of drug-likeness (QED) is 0.543. The summed E-state index contributed by atoms with van der Waals surface area (Å²) in [6.45, 7) is 1.59. The molecule has 1 aliphatic heterocycles. The molecule has 2 fully saturated rings. The molecule has 1 saturated heterocycles. The number of amides is 3. The van der Waals surface area contributed by atoms with E-state index >= 15 is 0 Å². The van der Waals surface area contributed by atoms with Crippen LogP contribution in [0.4, 0.5) is 11.4 Å². The van der Waals surface area contributed by atoms with E-state index in [1.807, 2.05) is 0 Å². The van der Waals surface area contributed by atoms with Gasteiger partial charge in [0.05, 0.1) is 33.8 Å². The summed E-state index contributed by atoms with van der Waals surface area (Å²) < 4.78 is 5.10. The number of esters is 1. The maximum absolute atomic E-state index is 12.9. The number of nitrogens with zero attached hydrogens (tertiary/aromatic N) is 1. The molecule has 2 aromatic rings. The van der Waals surface area contributed by atoms with Crippen molar-refractivity contribution in [3.63, 3.8) is 0 Å². The van der Waals surface area contributed by atoms with Crippen LogP contribution in [0.3, 0.4) is 0 Å². The minimum absolute atomic E-state index is 0.150. The largest absolute Gasteiger partial charge is 0.452 e. The molecule has 0 spiro atoms. The van der Waals surface area contributed by atoms with Crippen LogP contribution in [-0.2, 0) is 19.1 Å². The van der Waals surface area contributed by atoms with E-state index in [2.05, 4.69) is 12.2 Å². The van der Waals surface area contributed by atoms with Crippen molar-refractivity contribution in [2.24, 2.45) is 17.8 Å². The topological polar surface area (TPSA) is 92.8 Å². The SMILES string of the molecule is C[C@@H]1CC[C@@H]2C(=O)N(c3cccc(C(=O)OCC(=O)Nc4ccccc4Cl)c3)C(=O)[C@H]2C1. The molecule has 166 valence electrons. The van der Waals surface area contributed by atoms with Gasteiger partial charge in [0.25, 0.3) is 5.91 Å². The van der Waals surface area contributed by atoms with Gasteiger partial charge in [-0.2, -0.15) is 0 Å². The third-order valence-electron chi connectivity index (χ3n) is 6.01. The number of ether oxygens (including phenoxy) is 1. The van der Waals surface area contributed by atoms with Crippen molar-refractivity contribution in [2.75, 3.05) is 16.8 Å². The van der Waals surface area contributed by atoms with Gasteiger partial charge in [0, 0.05) is 0 Å². The van der Waals surface area contributed by atoms with Gasteiger partial charge in [0.2, 0.25) is 11.8 Å². The van der Waals surface area contributed by atoms with Crippen molar-refractivity contribution in [1.29, 1.82) is 0 Å². The Labute approximate surface area is 190 Å². The molecule has 1 heterocycles. The molecule has 2 aromatic carbocycles. The number of nitrogens with one attached hydrogen (secondary N) is 1. The zero-order valence-electron chi connectivity index (χ0n) is 17.5. The molecular weight excluding hydrogens is 432 g/mol. The van der Waals surface area contributed by atoms with E-state index in [4.69, 9.17) is 16.3 Å². The van der Waals surface area contributed by atoms with Gasteiger partial charge in [0.15, 0.2) is 6.61 Å². The van der Waals surface area contributed by atoms with Crippen molar-refractivity contribution in [1.82, 2.24) is 0 Å². The molecule has 1 aliphatic carbocycles. The van der Waals surface area contributed by atoms with Gasteiger partial charge in [-0.25, -0.2) is 4.79 Å². The number of fused-ring (bicyclic) bond motifs is 1. The Morgan fingerprint density at radius 2 is 1.81 bits per heavy atom. The van der Waals surface area contributed by atoms with Crippen molar-refractivity contribution in [3.05, 3.63) is 59.1 Å². The number of imide groups is 1. The highest BCUT2D eigenvalue weighted by Crippen LogP contribution is 2.42. The molecule has 32 heavy (non-hydrogen) atoms. The van der Waals surface area contributed by atoms with Gasteiger partial charge < -0.3 is 10.1 Å². The average Bonchev–Trinajstić information content (AvgIpc) is 3.03. The highest BCUT2D eigenvalue weighted by molar-refractivity contribution is 6.33. The lowest BCUT2D eigenvalue weighted by molar-refractivity contribution is -0.122. The number of halogens is 1. The van der Waals surface area contributed by atoms with E-state index in [9.17, 15) is 19.2 Å². The lowest BCUT2D eigenvalue weighted by Gasteiger charge is -2.25. The molecule has 0 bridgehead atoms. The maximum atomic E-state index is 12.9. The predicted octanol–water partition coefficient (Wildman–Crippen LogP) is 4.06. The lowest BCUT2D eigenvalue weighted by atomic mass is 9.76. The third-order valence-corrected chi connectivity index (χ3v) is 6.34. The second-order valence-electron chi connectivity index (χ2n) is 8.30. The van der Waals surface area contributed by atoms with E-state index in [0.29, 0.717) is 35.2 Å². The van der Waals surface area contributed by atoms with Crippen LogP contribution in [0.15, 0.2) is 48.5 Å². The van der Waals surface area contributed by atoms with E-state index in [0.717, 1.165) is 6.42 Å². The molecule has 1 saturated carbocycles. The number of hydrogen-bond donors (Lipinski definition) is 1. The van der Waals surface area contributed by atoms with Crippen molar-refractivity contribution in [2.45, 2.75) is 26.2 Å². The van der Waals surface area contributed by atoms with Crippen LogP contribution < -0.4 is 10.2 Å². The van der Waals surface area contributed by atoms with E-state index in [1.165, 1.54) is 17.0 Å². The minimum atomic E-state index is -0.730. The zero-order chi connectivity index (χ0) is 22.8. The lowest BCUT2D eigenvalue weighted by Crippen LogP contribution is -2.31. The first kappa shape index (κ1) is 22.0. The molecule has 1 N–H and O–H groups in total. The first-order valence-electron chi connectivity index (χ1n) is 10.5. The number of carbonyl (C=O) groups excluding carboxylic acids is 4. The van der Waals surface area contributed by atoms with Crippen molar-refractivity contribution in [3.8, 4) is 0 Å². The van der Waals surface area contributed by atoms with Crippen LogP contribution in [0.1, 0.15) is 36.5 Å². The number of hydrogen-bond acceptors (Lipinski definition) is 5. The van der Waals surface area contributed by atoms with Gasteiger partial charge in [-0.1, -0.05) is 36.7 Å². The molecule has 0 radical (unpaired) electrons. The Hall–Kier alpha value is -3.19. The van der Waals surface area contributed by atoms with E-state index in [-0.39, 0.29) is 29.2 Å². The summed E-state index contributed by atoms with van der Waals surface area (Å²) >= 11 is 6.00. The second-order valence-corrected chi connectivity index (χ2v) is 8.70. The summed E-state index contributed by atoms with van der Waals surface area (Å²) in [5, 5.41) is 2.94. The Kier molecular flexibility index (Phi) is 6.28. The first-order valence-corrected chi connectivity index (χ1v) is 10.9. The summed E-state index contributed by atoms with van der Waals surface area (Å²) in [5.74, 6) is -1.87. The fourth-order valence-corrected chi connectivity index (χ4v) is 4.56. The Bertz CT molecular complexity index is 1090. The summed E-state index contributed by atoms with van der Waals surface area (Å²) in [7, 11) is 0. The Balaban J connectivity index is 1.42. The summed E-state index contributed by atoms with van der Waals surface area (Å²) in [5.41, 5.74) is 0.910. The predicted molar refractivity (Wildman–Crippen MR) is 119 cm³/mol. The van der Waals surface area contributed by atoms with Crippen molar-refractivity contribution >= 4 is 46.7 Å². The molecule has 0 aromatic heterocycles.